The molecule has 1 atom stereocenters. The lowest BCUT2D eigenvalue weighted by molar-refractivity contribution is -0.122. The summed E-state index contributed by atoms with van der Waals surface area (Å²) >= 11 is 0. The van der Waals surface area contributed by atoms with Crippen molar-refractivity contribution in [2.24, 2.45) is 0 Å². The number of benzene rings is 1. The first-order valence-corrected chi connectivity index (χ1v) is 8.64. The van der Waals surface area contributed by atoms with E-state index in [1.165, 1.54) is 0 Å². The van der Waals surface area contributed by atoms with Crippen LogP contribution in [-0.2, 0) is 4.79 Å². The number of likely N-dealkylation sites (tertiary alicyclic amines) is 1. The van der Waals surface area contributed by atoms with Gasteiger partial charge in [0.05, 0.1) is 6.54 Å². The summed E-state index contributed by atoms with van der Waals surface area (Å²) in [4.78, 5) is 22.8. The van der Waals surface area contributed by atoms with Gasteiger partial charge in [0, 0.05) is 31.9 Å². The molecule has 1 amide bonds. The van der Waals surface area contributed by atoms with Gasteiger partial charge in [0.1, 0.15) is 11.4 Å². The molecule has 0 bridgehead atoms. The number of aromatic nitrogens is 2. The van der Waals surface area contributed by atoms with Crippen LogP contribution in [0.25, 0.3) is 0 Å². The average molecular weight is 340 g/mol. The zero-order chi connectivity index (χ0) is 17.6. The van der Waals surface area contributed by atoms with E-state index in [-0.39, 0.29) is 11.8 Å². The molecule has 6 heteroatoms. The highest BCUT2D eigenvalue weighted by molar-refractivity contribution is 5.77. The number of rotatable bonds is 5. The number of ether oxygens (including phenoxy) is 1. The molecule has 25 heavy (non-hydrogen) atoms. The molecular formula is C19H24N4O2. The van der Waals surface area contributed by atoms with Crippen molar-refractivity contribution in [1.82, 2.24) is 20.2 Å². The molecule has 0 radical (unpaired) electrons. The van der Waals surface area contributed by atoms with E-state index in [0.717, 1.165) is 42.9 Å². The van der Waals surface area contributed by atoms with Gasteiger partial charge in [0.2, 0.25) is 11.8 Å². The molecule has 1 fully saturated rings. The number of nitrogens with one attached hydrogen (secondary N) is 1. The summed E-state index contributed by atoms with van der Waals surface area (Å²) in [6.45, 7) is 4.16. The standard InChI is InChI=1S/C19H24N4O2/c1-14-5-3-7-16(11-14)25-19-18(21-8-9-22-19)15-6-4-10-23(12-15)13-17(24)20-2/h3,5,7-9,11,15H,4,6,10,12-13H2,1-2H3,(H,20,24). The summed E-state index contributed by atoms with van der Waals surface area (Å²) in [7, 11) is 1.67. The largest absolute Gasteiger partial charge is 0.437 e. The van der Waals surface area contributed by atoms with Crippen molar-refractivity contribution in [3.8, 4) is 11.6 Å². The van der Waals surface area contributed by atoms with Crippen molar-refractivity contribution in [2.75, 3.05) is 26.7 Å². The van der Waals surface area contributed by atoms with Gasteiger partial charge in [-0.1, -0.05) is 12.1 Å². The highest BCUT2D eigenvalue weighted by atomic mass is 16.5. The van der Waals surface area contributed by atoms with Gasteiger partial charge in [-0.15, -0.1) is 0 Å². The van der Waals surface area contributed by atoms with Crippen LogP contribution in [0.3, 0.4) is 0 Å². The van der Waals surface area contributed by atoms with Gasteiger partial charge in [-0.3, -0.25) is 14.7 Å². The summed E-state index contributed by atoms with van der Waals surface area (Å²) in [5.41, 5.74) is 2.00. The van der Waals surface area contributed by atoms with Crippen LogP contribution in [0.4, 0.5) is 0 Å². The minimum absolute atomic E-state index is 0.0380. The molecule has 0 spiro atoms. The minimum atomic E-state index is 0.0380. The second-order valence-electron chi connectivity index (χ2n) is 6.41. The second kappa shape index (κ2) is 8.07. The van der Waals surface area contributed by atoms with Crippen LogP contribution in [0.5, 0.6) is 11.6 Å². The fraction of sp³-hybridized carbons (Fsp3) is 0.421. The fourth-order valence-electron chi connectivity index (χ4n) is 3.19. The molecular weight excluding hydrogens is 316 g/mol. The molecule has 1 N–H and O–H groups in total. The summed E-state index contributed by atoms with van der Waals surface area (Å²) in [6.07, 6.45) is 5.41. The Bertz CT molecular complexity index is 735. The number of carbonyl (C=O) groups is 1. The molecule has 1 aromatic heterocycles. The lowest BCUT2D eigenvalue weighted by Crippen LogP contribution is -2.41. The van der Waals surface area contributed by atoms with Crippen LogP contribution >= 0.6 is 0 Å². The summed E-state index contributed by atoms with van der Waals surface area (Å²) in [6, 6.07) is 7.90. The predicted octanol–water partition coefficient (Wildman–Crippen LogP) is 2.50. The van der Waals surface area contributed by atoms with Gasteiger partial charge in [0.25, 0.3) is 0 Å². The Morgan fingerprint density at radius 2 is 2.20 bits per heavy atom. The SMILES string of the molecule is CNC(=O)CN1CCCC(c2nccnc2Oc2cccc(C)c2)C1. The number of likely N-dealkylation sites (N-methyl/N-ethyl adjacent to an activating group) is 1. The van der Waals surface area contributed by atoms with Crippen LogP contribution in [0, 0.1) is 6.92 Å². The molecule has 3 rings (SSSR count). The Labute approximate surface area is 148 Å². The van der Waals surface area contributed by atoms with E-state index in [0.29, 0.717) is 12.4 Å². The number of carbonyl (C=O) groups excluding carboxylic acids is 1. The molecule has 1 saturated heterocycles. The molecule has 0 aliphatic carbocycles. The third-order valence-corrected chi connectivity index (χ3v) is 4.43. The van der Waals surface area contributed by atoms with Crippen LogP contribution in [-0.4, -0.2) is 47.5 Å². The maximum absolute atomic E-state index is 11.7. The van der Waals surface area contributed by atoms with Crippen molar-refractivity contribution >= 4 is 5.91 Å². The maximum atomic E-state index is 11.7. The van der Waals surface area contributed by atoms with Crippen LogP contribution in [0.15, 0.2) is 36.7 Å². The van der Waals surface area contributed by atoms with Gasteiger partial charge in [-0.25, -0.2) is 4.98 Å². The summed E-state index contributed by atoms with van der Waals surface area (Å²) in [5, 5.41) is 2.68. The van der Waals surface area contributed by atoms with Crippen molar-refractivity contribution in [3.05, 3.63) is 47.9 Å². The van der Waals surface area contributed by atoms with Crippen LogP contribution in [0.1, 0.15) is 30.0 Å². The van der Waals surface area contributed by atoms with E-state index in [1.807, 2.05) is 31.2 Å². The molecule has 1 aliphatic heterocycles. The van der Waals surface area contributed by atoms with E-state index in [1.54, 1.807) is 19.4 Å². The first-order valence-electron chi connectivity index (χ1n) is 8.64. The Morgan fingerprint density at radius 3 is 3.00 bits per heavy atom. The summed E-state index contributed by atoms with van der Waals surface area (Å²) in [5.74, 6) is 1.57. The number of hydrogen-bond acceptors (Lipinski definition) is 5. The Kier molecular flexibility index (Phi) is 5.60. The van der Waals surface area contributed by atoms with E-state index >= 15 is 0 Å². The second-order valence-corrected chi connectivity index (χ2v) is 6.41. The van der Waals surface area contributed by atoms with Crippen molar-refractivity contribution in [1.29, 1.82) is 0 Å². The van der Waals surface area contributed by atoms with E-state index in [4.69, 9.17) is 4.74 Å². The molecule has 132 valence electrons. The van der Waals surface area contributed by atoms with Crippen molar-refractivity contribution < 1.29 is 9.53 Å². The third kappa shape index (κ3) is 4.54. The van der Waals surface area contributed by atoms with E-state index in [2.05, 4.69) is 20.2 Å². The maximum Gasteiger partial charge on any atom is 0.241 e. The lowest BCUT2D eigenvalue weighted by atomic mass is 9.94. The van der Waals surface area contributed by atoms with Gasteiger partial charge in [-0.2, -0.15) is 0 Å². The molecule has 2 aromatic rings. The zero-order valence-electron chi connectivity index (χ0n) is 14.7. The highest BCUT2D eigenvalue weighted by Gasteiger charge is 2.26. The minimum Gasteiger partial charge on any atom is -0.437 e. The summed E-state index contributed by atoms with van der Waals surface area (Å²) < 4.78 is 6.01. The molecule has 6 nitrogen and oxygen atoms in total. The molecule has 1 unspecified atom stereocenters. The zero-order valence-corrected chi connectivity index (χ0v) is 14.7. The number of amides is 1. The van der Waals surface area contributed by atoms with Gasteiger partial charge in [-0.05, 0) is 44.0 Å². The molecule has 0 saturated carbocycles. The number of aryl methyl sites for hydroxylation is 1. The molecule has 1 aromatic carbocycles. The number of hydrogen-bond donors (Lipinski definition) is 1. The Hall–Kier alpha value is -2.47. The van der Waals surface area contributed by atoms with Crippen LogP contribution in [0.2, 0.25) is 0 Å². The fourth-order valence-corrected chi connectivity index (χ4v) is 3.19. The quantitative estimate of drug-likeness (QED) is 0.906. The van der Waals surface area contributed by atoms with Gasteiger partial charge >= 0.3 is 0 Å². The third-order valence-electron chi connectivity index (χ3n) is 4.43. The highest BCUT2D eigenvalue weighted by Crippen LogP contribution is 2.32. The van der Waals surface area contributed by atoms with E-state index in [9.17, 15) is 4.79 Å². The number of piperidine rings is 1. The predicted molar refractivity (Wildman–Crippen MR) is 95.8 cm³/mol. The van der Waals surface area contributed by atoms with Crippen molar-refractivity contribution in [3.63, 3.8) is 0 Å². The molecule has 2 heterocycles. The van der Waals surface area contributed by atoms with Gasteiger partial charge < -0.3 is 10.1 Å². The number of nitrogens with zero attached hydrogens (tertiary/aromatic N) is 3. The normalized spacial score (nSPS) is 17.9. The Morgan fingerprint density at radius 1 is 1.36 bits per heavy atom. The monoisotopic (exact) mass is 340 g/mol. The molecule has 1 aliphatic rings. The average Bonchev–Trinajstić information content (AvgIpc) is 2.62. The first-order chi connectivity index (χ1) is 12.2. The topological polar surface area (TPSA) is 67.4 Å². The Balaban J connectivity index is 1.76. The van der Waals surface area contributed by atoms with Gasteiger partial charge in [0.15, 0.2) is 0 Å². The lowest BCUT2D eigenvalue weighted by Gasteiger charge is -2.32. The smallest absolute Gasteiger partial charge is 0.241 e. The first kappa shape index (κ1) is 17.4. The van der Waals surface area contributed by atoms with E-state index < -0.39 is 0 Å². The van der Waals surface area contributed by atoms with Crippen LogP contribution < -0.4 is 10.1 Å². The van der Waals surface area contributed by atoms with Crippen molar-refractivity contribution in [2.45, 2.75) is 25.7 Å².